The van der Waals surface area contributed by atoms with E-state index in [1.54, 1.807) is 12.1 Å². The monoisotopic (exact) mass is 374 g/mol. The molecule has 2 aliphatic rings. The number of nitrogens with zero attached hydrogens (tertiary/aromatic N) is 3. The molecule has 5 heteroatoms. The summed E-state index contributed by atoms with van der Waals surface area (Å²) < 4.78 is 13.4. The van der Waals surface area contributed by atoms with E-state index >= 15 is 0 Å². The van der Waals surface area contributed by atoms with Gasteiger partial charge in [-0.3, -0.25) is 0 Å². The molecular formula is C23H23FN4. The van der Waals surface area contributed by atoms with Crippen molar-refractivity contribution in [2.75, 3.05) is 11.4 Å². The van der Waals surface area contributed by atoms with E-state index < -0.39 is 0 Å². The van der Waals surface area contributed by atoms with E-state index in [9.17, 15) is 4.39 Å². The molecule has 2 heterocycles. The minimum Gasteiger partial charge on any atom is -0.352 e. The zero-order valence-corrected chi connectivity index (χ0v) is 15.7. The summed E-state index contributed by atoms with van der Waals surface area (Å²) in [6, 6.07) is 15.0. The van der Waals surface area contributed by atoms with Crippen LogP contribution in [0.3, 0.4) is 0 Å². The quantitative estimate of drug-likeness (QED) is 0.731. The van der Waals surface area contributed by atoms with Crippen molar-refractivity contribution in [3.05, 3.63) is 76.7 Å². The van der Waals surface area contributed by atoms with Gasteiger partial charge in [-0.15, -0.1) is 0 Å². The van der Waals surface area contributed by atoms with Gasteiger partial charge in [0.1, 0.15) is 11.6 Å². The maximum absolute atomic E-state index is 13.4. The molecule has 1 unspecified atom stereocenters. The van der Waals surface area contributed by atoms with E-state index in [0.29, 0.717) is 5.82 Å². The van der Waals surface area contributed by atoms with Gasteiger partial charge < -0.3 is 10.6 Å². The van der Waals surface area contributed by atoms with Gasteiger partial charge in [0.2, 0.25) is 0 Å². The normalized spacial score (nSPS) is 18.5. The third-order valence-corrected chi connectivity index (χ3v) is 5.84. The molecule has 1 aliphatic heterocycles. The predicted molar refractivity (Wildman–Crippen MR) is 108 cm³/mol. The molecule has 0 saturated heterocycles. The van der Waals surface area contributed by atoms with Crippen LogP contribution in [0.25, 0.3) is 11.4 Å². The number of fused-ring (bicyclic) bond motifs is 2. The summed E-state index contributed by atoms with van der Waals surface area (Å²) in [5, 5.41) is 0. The Morgan fingerprint density at radius 2 is 1.75 bits per heavy atom. The Kier molecular flexibility index (Phi) is 4.32. The van der Waals surface area contributed by atoms with Crippen molar-refractivity contribution >= 4 is 5.82 Å². The fraction of sp³-hybridized carbons (Fsp3) is 0.304. The minimum absolute atomic E-state index is 0.0295. The number of benzene rings is 2. The molecule has 5 rings (SSSR count). The second kappa shape index (κ2) is 6.99. The van der Waals surface area contributed by atoms with Crippen molar-refractivity contribution < 1.29 is 4.39 Å². The van der Waals surface area contributed by atoms with Crippen LogP contribution in [-0.4, -0.2) is 16.5 Å². The summed E-state index contributed by atoms with van der Waals surface area (Å²) in [7, 11) is 0. The Labute approximate surface area is 164 Å². The molecule has 1 aromatic heterocycles. The third-order valence-electron chi connectivity index (χ3n) is 5.84. The molecule has 142 valence electrons. The second-order valence-corrected chi connectivity index (χ2v) is 7.68. The average molecular weight is 374 g/mol. The fourth-order valence-electron chi connectivity index (χ4n) is 4.35. The van der Waals surface area contributed by atoms with Crippen molar-refractivity contribution in [2.24, 2.45) is 5.73 Å². The lowest BCUT2D eigenvalue weighted by molar-refractivity contribution is 0.552. The maximum Gasteiger partial charge on any atom is 0.161 e. The number of halogens is 1. The van der Waals surface area contributed by atoms with Crippen molar-refractivity contribution in [2.45, 2.75) is 38.3 Å². The first-order valence-corrected chi connectivity index (χ1v) is 9.93. The van der Waals surface area contributed by atoms with Gasteiger partial charge in [0.25, 0.3) is 0 Å². The Hall–Kier alpha value is -2.79. The molecule has 28 heavy (non-hydrogen) atoms. The molecular weight excluding hydrogens is 351 g/mol. The highest BCUT2D eigenvalue weighted by Crippen LogP contribution is 2.37. The molecule has 2 N–H and O–H groups in total. The molecule has 0 bridgehead atoms. The highest BCUT2D eigenvalue weighted by molar-refractivity contribution is 5.62. The fourth-order valence-corrected chi connectivity index (χ4v) is 4.35. The van der Waals surface area contributed by atoms with E-state index in [0.717, 1.165) is 61.4 Å². The molecule has 1 atom stereocenters. The van der Waals surface area contributed by atoms with Crippen LogP contribution in [0.1, 0.15) is 41.3 Å². The van der Waals surface area contributed by atoms with Crippen molar-refractivity contribution in [3.63, 3.8) is 0 Å². The summed E-state index contributed by atoms with van der Waals surface area (Å²) in [5.41, 5.74) is 12.2. The predicted octanol–water partition coefficient (Wildman–Crippen LogP) is 4.18. The van der Waals surface area contributed by atoms with Gasteiger partial charge in [0.05, 0.1) is 5.69 Å². The van der Waals surface area contributed by atoms with Gasteiger partial charge in [-0.1, -0.05) is 24.3 Å². The van der Waals surface area contributed by atoms with Crippen LogP contribution < -0.4 is 10.6 Å². The van der Waals surface area contributed by atoms with Crippen LogP contribution in [0.5, 0.6) is 0 Å². The van der Waals surface area contributed by atoms with Crippen LogP contribution in [-0.2, 0) is 19.4 Å². The summed E-state index contributed by atoms with van der Waals surface area (Å²) in [6.07, 6.45) is 3.91. The van der Waals surface area contributed by atoms with E-state index in [1.165, 1.54) is 23.3 Å². The second-order valence-electron chi connectivity index (χ2n) is 7.68. The van der Waals surface area contributed by atoms with Gasteiger partial charge in [-0.25, -0.2) is 14.4 Å². The molecule has 0 saturated carbocycles. The van der Waals surface area contributed by atoms with Gasteiger partial charge in [0, 0.05) is 30.3 Å². The number of aryl methyl sites for hydroxylation is 1. The zero-order chi connectivity index (χ0) is 19.1. The van der Waals surface area contributed by atoms with Crippen LogP contribution in [0.2, 0.25) is 0 Å². The Morgan fingerprint density at radius 1 is 0.964 bits per heavy atom. The lowest BCUT2D eigenvalue weighted by Crippen LogP contribution is -2.34. The molecule has 0 fully saturated rings. The zero-order valence-electron chi connectivity index (χ0n) is 15.7. The molecule has 2 aromatic carbocycles. The average Bonchev–Trinajstić information content (AvgIpc) is 2.73. The summed E-state index contributed by atoms with van der Waals surface area (Å²) in [6.45, 7) is 1.74. The molecule has 4 nitrogen and oxygen atoms in total. The standard InChI is InChI=1S/C23H23FN4/c24-18-10-8-16(9-11-18)22-26-20-7-3-6-19(25)21(20)23(27-22)28-13-12-15-4-1-2-5-17(15)14-28/h1-2,4-5,8-11,19H,3,6-7,12-14,25H2. The maximum atomic E-state index is 13.4. The Bertz CT molecular complexity index is 1020. The number of hydrogen-bond acceptors (Lipinski definition) is 4. The van der Waals surface area contributed by atoms with Crippen LogP contribution in [0.15, 0.2) is 48.5 Å². The van der Waals surface area contributed by atoms with E-state index in [1.807, 2.05) is 0 Å². The van der Waals surface area contributed by atoms with Crippen LogP contribution >= 0.6 is 0 Å². The van der Waals surface area contributed by atoms with Crippen molar-refractivity contribution in [3.8, 4) is 11.4 Å². The highest BCUT2D eigenvalue weighted by Gasteiger charge is 2.28. The Balaban J connectivity index is 1.61. The first-order valence-electron chi connectivity index (χ1n) is 9.93. The van der Waals surface area contributed by atoms with E-state index in [-0.39, 0.29) is 11.9 Å². The van der Waals surface area contributed by atoms with E-state index in [2.05, 4.69) is 29.2 Å². The molecule has 0 radical (unpaired) electrons. The Morgan fingerprint density at radius 3 is 2.57 bits per heavy atom. The summed E-state index contributed by atoms with van der Waals surface area (Å²) >= 11 is 0. The molecule has 3 aromatic rings. The largest absolute Gasteiger partial charge is 0.352 e. The number of hydrogen-bond donors (Lipinski definition) is 1. The minimum atomic E-state index is -0.253. The third kappa shape index (κ3) is 3.06. The van der Waals surface area contributed by atoms with Gasteiger partial charge in [-0.2, -0.15) is 0 Å². The van der Waals surface area contributed by atoms with Crippen LogP contribution in [0.4, 0.5) is 10.2 Å². The first-order chi connectivity index (χ1) is 13.7. The number of aromatic nitrogens is 2. The molecule has 0 spiro atoms. The lowest BCUT2D eigenvalue weighted by atomic mass is 9.90. The number of anilines is 1. The summed E-state index contributed by atoms with van der Waals surface area (Å²) in [4.78, 5) is 12.1. The SMILES string of the molecule is NC1CCCc2nc(-c3ccc(F)cc3)nc(N3CCc4ccccc4C3)c21. The molecule has 1 aliphatic carbocycles. The number of nitrogens with two attached hydrogens (primary N) is 1. The van der Waals surface area contributed by atoms with Crippen molar-refractivity contribution in [1.82, 2.24) is 9.97 Å². The van der Waals surface area contributed by atoms with Gasteiger partial charge in [-0.05, 0) is 61.1 Å². The first kappa shape index (κ1) is 17.3. The molecule has 0 amide bonds. The van der Waals surface area contributed by atoms with E-state index in [4.69, 9.17) is 15.7 Å². The number of rotatable bonds is 2. The topological polar surface area (TPSA) is 55.0 Å². The van der Waals surface area contributed by atoms with Crippen molar-refractivity contribution in [1.29, 1.82) is 0 Å². The highest BCUT2D eigenvalue weighted by atomic mass is 19.1. The van der Waals surface area contributed by atoms with Crippen LogP contribution in [0, 0.1) is 5.82 Å². The lowest BCUT2D eigenvalue weighted by Gasteiger charge is -2.34. The summed E-state index contributed by atoms with van der Waals surface area (Å²) in [5.74, 6) is 1.35. The smallest absolute Gasteiger partial charge is 0.161 e. The van der Waals surface area contributed by atoms with Gasteiger partial charge in [0.15, 0.2) is 5.82 Å². The van der Waals surface area contributed by atoms with Gasteiger partial charge >= 0.3 is 0 Å².